The first kappa shape index (κ1) is 20.6. The Kier molecular flexibility index (Phi) is 10.7. The summed E-state index contributed by atoms with van der Waals surface area (Å²) in [7, 11) is 1.80. The molecule has 0 saturated heterocycles. The van der Waals surface area contributed by atoms with E-state index in [0.29, 0.717) is 5.25 Å². The summed E-state index contributed by atoms with van der Waals surface area (Å²) in [5.41, 5.74) is 0. The second-order valence-corrected chi connectivity index (χ2v) is 7.15. The molecule has 1 aromatic rings. The van der Waals surface area contributed by atoms with Crippen molar-refractivity contribution in [2.24, 2.45) is 10.9 Å². The van der Waals surface area contributed by atoms with Gasteiger partial charge in [0.05, 0.1) is 6.61 Å². The van der Waals surface area contributed by atoms with E-state index < -0.39 is 0 Å². The van der Waals surface area contributed by atoms with E-state index in [1.807, 2.05) is 17.8 Å². The zero-order chi connectivity index (χ0) is 15.6. The third-order valence-corrected chi connectivity index (χ3v) is 4.56. The van der Waals surface area contributed by atoms with Gasteiger partial charge in [0.25, 0.3) is 0 Å². The van der Waals surface area contributed by atoms with Crippen LogP contribution >= 0.6 is 35.7 Å². The van der Waals surface area contributed by atoms with Gasteiger partial charge >= 0.3 is 0 Å². The third-order valence-electron chi connectivity index (χ3n) is 3.45. The van der Waals surface area contributed by atoms with E-state index in [1.54, 1.807) is 7.05 Å². The Morgan fingerprint density at radius 1 is 1.30 bits per heavy atom. The van der Waals surface area contributed by atoms with E-state index in [0.717, 1.165) is 38.2 Å². The molecule has 0 aliphatic heterocycles. The molecular formula is C17H28IN3OS. The summed E-state index contributed by atoms with van der Waals surface area (Å²) < 4.78 is 5.61. The van der Waals surface area contributed by atoms with Crippen LogP contribution in [0.25, 0.3) is 0 Å². The lowest BCUT2D eigenvalue weighted by atomic mass is 10.4. The maximum Gasteiger partial charge on any atom is 0.191 e. The minimum atomic E-state index is 0. The van der Waals surface area contributed by atoms with E-state index in [-0.39, 0.29) is 24.0 Å². The highest BCUT2D eigenvalue weighted by Crippen LogP contribution is 2.28. The molecule has 1 atom stereocenters. The zero-order valence-corrected chi connectivity index (χ0v) is 17.1. The number of guanidine groups is 1. The standard InChI is InChI=1S/C17H27N3OS.HI/c1-14(22-16-6-4-3-5-7-16)12-20-17(18-2)19-10-11-21-13-15-8-9-15;/h3-7,14-15H,8-13H2,1-2H3,(H2,18,19,20);1H. The van der Waals surface area contributed by atoms with Crippen LogP contribution in [0.15, 0.2) is 40.2 Å². The van der Waals surface area contributed by atoms with Gasteiger partial charge in [-0.25, -0.2) is 0 Å². The first-order valence-corrected chi connectivity index (χ1v) is 8.90. The Balaban J connectivity index is 0.00000264. The molecule has 2 rings (SSSR count). The molecule has 130 valence electrons. The molecule has 1 aromatic carbocycles. The molecule has 1 aliphatic rings. The Labute approximate surface area is 161 Å². The molecule has 0 radical (unpaired) electrons. The SMILES string of the molecule is CN=C(NCCOCC1CC1)NCC(C)Sc1ccccc1.I. The van der Waals surface area contributed by atoms with E-state index >= 15 is 0 Å². The molecule has 0 aromatic heterocycles. The number of benzene rings is 1. The van der Waals surface area contributed by atoms with Crippen LogP contribution in [-0.4, -0.2) is 44.6 Å². The van der Waals surface area contributed by atoms with Crippen LogP contribution in [0.2, 0.25) is 0 Å². The van der Waals surface area contributed by atoms with Crippen molar-refractivity contribution in [3.63, 3.8) is 0 Å². The quantitative estimate of drug-likeness (QED) is 0.200. The molecule has 6 heteroatoms. The predicted octanol–water partition coefficient (Wildman–Crippen LogP) is 3.38. The lowest BCUT2D eigenvalue weighted by Crippen LogP contribution is -2.41. The lowest BCUT2D eigenvalue weighted by Gasteiger charge is -2.16. The van der Waals surface area contributed by atoms with Crippen molar-refractivity contribution in [3.05, 3.63) is 30.3 Å². The highest BCUT2D eigenvalue weighted by molar-refractivity contribution is 14.0. The molecule has 0 spiro atoms. The Morgan fingerprint density at radius 2 is 2.04 bits per heavy atom. The summed E-state index contributed by atoms with van der Waals surface area (Å²) in [6.07, 6.45) is 2.68. The molecular weight excluding hydrogens is 421 g/mol. The van der Waals surface area contributed by atoms with Gasteiger partial charge in [-0.3, -0.25) is 4.99 Å². The minimum absolute atomic E-state index is 0. The van der Waals surface area contributed by atoms with Crippen molar-refractivity contribution in [3.8, 4) is 0 Å². The summed E-state index contributed by atoms with van der Waals surface area (Å²) >= 11 is 1.87. The van der Waals surface area contributed by atoms with E-state index in [2.05, 4.69) is 46.8 Å². The average molecular weight is 449 g/mol. The van der Waals surface area contributed by atoms with Gasteiger partial charge in [0.1, 0.15) is 0 Å². The summed E-state index contributed by atoms with van der Waals surface area (Å²) in [6.45, 7) is 5.55. The molecule has 1 saturated carbocycles. The van der Waals surface area contributed by atoms with Crippen molar-refractivity contribution >= 4 is 41.7 Å². The molecule has 4 nitrogen and oxygen atoms in total. The minimum Gasteiger partial charge on any atom is -0.379 e. The van der Waals surface area contributed by atoms with Crippen LogP contribution in [-0.2, 0) is 4.74 Å². The fourth-order valence-corrected chi connectivity index (χ4v) is 2.96. The predicted molar refractivity (Wildman–Crippen MR) is 110 cm³/mol. The highest BCUT2D eigenvalue weighted by Gasteiger charge is 2.20. The maximum absolute atomic E-state index is 5.61. The molecule has 23 heavy (non-hydrogen) atoms. The fraction of sp³-hybridized carbons (Fsp3) is 0.588. The average Bonchev–Trinajstić information content (AvgIpc) is 3.35. The van der Waals surface area contributed by atoms with Crippen LogP contribution in [0.4, 0.5) is 0 Å². The van der Waals surface area contributed by atoms with Crippen LogP contribution in [0.1, 0.15) is 19.8 Å². The van der Waals surface area contributed by atoms with Crippen molar-refractivity contribution in [2.45, 2.75) is 29.9 Å². The van der Waals surface area contributed by atoms with E-state index in [1.165, 1.54) is 17.7 Å². The molecule has 1 aliphatic carbocycles. The number of ether oxygens (including phenoxy) is 1. The van der Waals surface area contributed by atoms with Crippen molar-refractivity contribution in [1.82, 2.24) is 10.6 Å². The van der Waals surface area contributed by atoms with Crippen LogP contribution in [0, 0.1) is 5.92 Å². The van der Waals surface area contributed by atoms with Crippen LogP contribution in [0.3, 0.4) is 0 Å². The first-order chi connectivity index (χ1) is 10.8. The molecule has 0 amide bonds. The Bertz CT molecular complexity index is 454. The summed E-state index contributed by atoms with van der Waals surface area (Å²) in [5, 5.41) is 7.13. The smallest absolute Gasteiger partial charge is 0.191 e. The second kappa shape index (κ2) is 12.0. The van der Waals surface area contributed by atoms with Crippen LogP contribution < -0.4 is 10.6 Å². The summed E-state index contributed by atoms with van der Waals surface area (Å²) in [5.74, 6) is 1.67. The normalized spacial score (nSPS) is 15.7. The molecule has 1 unspecified atom stereocenters. The fourth-order valence-electron chi connectivity index (χ4n) is 2.01. The molecule has 0 heterocycles. The van der Waals surface area contributed by atoms with Gasteiger partial charge in [-0.15, -0.1) is 35.7 Å². The summed E-state index contributed by atoms with van der Waals surface area (Å²) in [4.78, 5) is 5.54. The number of rotatable bonds is 9. The van der Waals surface area contributed by atoms with Crippen molar-refractivity contribution < 1.29 is 4.74 Å². The third kappa shape index (κ3) is 9.42. The monoisotopic (exact) mass is 449 g/mol. The van der Waals surface area contributed by atoms with E-state index in [4.69, 9.17) is 4.74 Å². The molecule has 0 bridgehead atoms. The van der Waals surface area contributed by atoms with Gasteiger partial charge < -0.3 is 15.4 Å². The van der Waals surface area contributed by atoms with Gasteiger partial charge in [-0.2, -0.15) is 0 Å². The largest absolute Gasteiger partial charge is 0.379 e. The van der Waals surface area contributed by atoms with Gasteiger partial charge in [-0.1, -0.05) is 25.1 Å². The maximum atomic E-state index is 5.61. The number of thioether (sulfide) groups is 1. The lowest BCUT2D eigenvalue weighted by molar-refractivity contribution is 0.129. The van der Waals surface area contributed by atoms with Gasteiger partial charge in [0.2, 0.25) is 0 Å². The topological polar surface area (TPSA) is 45.7 Å². The van der Waals surface area contributed by atoms with Crippen molar-refractivity contribution in [2.75, 3.05) is 33.4 Å². The Morgan fingerprint density at radius 3 is 2.70 bits per heavy atom. The number of aliphatic imine (C=N–C) groups is 1. The molecule has 2 N–H and O–H groups in total. The summed E-state index contributed by atoms with van der Waals surface area (Å²) in [6, 6.07) is 10.5. The van der Waals surface area contributed by atoms with E-state index in [9.17, 15) is 0 Å². The number of halogens is 1. The molecule has 1 fully saturated rings. The van der Waals surface area contributed by atoms with Crippen molar-refractivity contribution in [1.29, 1.82) is 0 Å². The van der Waals surface area contributed by atoms with Gasteiger partial charge in [0, 0.05) is 36.9 Å². The first-order valence-electron chi connectivity index (χ1n) is 8.02. The number of hydrogen-bond donors (Lipinski definition) is 2. The number of nitrogens with one attached hydrogen (secondary N) is 2. The van der Waals surface area contributed by atoms with Gasteiger partial charge in [-0.05, 0) is 30.9 Å². The van der Waals surface area contributed by atoms with Gasteiger partial charge in [0.15, 0.2) is 5.96 Å². The number of hydrogen-bond acceptors (Lipinski definition) is 3. The Hall–Kier alpha value is -0.470. The number of nitrogens with zero attached hydrogens (tertiary/aromatic N) is 1. The zero-order valence-electron chi connectivity index (χ0n) is 14.0. The second-order valence-electron chi connectivity index (χ2n) is 5.64. The highest BCUT2D eigenvalue weighted by atomic mass is 127. The van der Waals surface area contributed by atoms with Crippen LogP contribution in [0.5, 0.6) is 0 Å².